The number of hydrogen-bond donors (Lipinski definition) is 0. The first-order chi connectivity index (χ1) is 36.2. The fourth-order valence-electron chi connectivity index (χ4n) is 11.7. The second-order valence-electron chi connectivity index (χ2n) is 19.2. The highest BCUT2D eigenvalue weighted by molar-refractivity contribution is 5.97. The highest BCUT2D eigenvalue weighted by Crippen LogP contribution is 2.63. The van der Waals surface area contributed by atoms with E-state index in [4.69, 9.17) is 9.97 Å². The second-order valence-corrected chi connectivity index (χ2v) is 19.2. The molecule has 10 aromatic carbocycles. The first kappa shape index (κ1) is 42.4. The molecule has 0 bridgehead atoms. The second kappa shape index (κ2) is 17.4. The van der Waals surface area contributed by atoms with Crippen molar-refractivity contribution in [3.63, 3.8) is 0 Å². The predicted octanol–water partition coefficient (Wildman–Crippen LogP) is 18.2. The van der Waals surface area contributed by atoms with E-state index in [2.05, 4.69) is 279 Å². The summed E-state index contributed by atoms with van der Waals surface area (Å²) < 4.78 is 0. The third-order valence-corrected chi connectivity index (χ3v) is 15.1. The minimum Gasteiger partial charge on any atom is -0.248 e. The quantitative estimate of drug-likeness (QED) is 0.152. The van der Waals surface area contributed by atoms with E-state index in [-0.39, 0.29) is 0 Å². The van der Waals surface area contributed by atoms with Crippen molar-refractivity contribution in [1.82, 2.24) is 9.97 Å². The molecule has 1 spiro atoms. The fourth-order valence-corrected chi connectivity index (χ4v) is 11.7. The summed E-state index contributed by atoms with van der Waals surface area (Å²) in [4.78, 5) is 10.4. The van der Waals surface area contributed by atoms with Gasteiger partial charge in [-0.2, -0.15) is 0 Å². The van der Waals surface area contributed by atoms with Gasteiger partial charge in [-0.25, -0.2) is 9.97 Å². The van der Waals surface area contributed by atoms with Crippen LogP contribution in [0.15, 0.2) is 279 Å². The van der Waals surface area contributed by atoms with Crippen LogP contribution in [0.2, 0.25) is 0 Å². The van der Waals surface area contributed by atoms with Crippen molar-refractivity contribution in [2.75, 3.05) is 0 Å². The first-order valence-electron chi connectivity index (χ1n) is 25.1. The molecule has 2 nitrogen and oxygen atoms in total. The average Bonchev–Trinajstić information content (AvgIpc) is 3.96. The molecular weight excluding hydrogens is 881 g/mol. The minimum absolute atomic E-state index is 0.528. The van der Waals surface area contributed by atoms with Crippen molar-refractivity contribution in [3.8, 4) is 112 Å². The van der Waals surface area contributed by atoms with Crippen LogP contribution in [0.25, 0.3) is 112 Å². The smallest absolute Gasteiger partial charge is 0.0725 e. The largest absolute Gasteiger partial charge is 0.248 e. The van der Waals surface area contributed by atoms with Crippen LogP contribution in [-0.4, -0.2) is 9.97 Å². The molecule has 0 fully saturated rings. The van der Waals surface area contributed by atoms with Gasteiger partial charge in [-0.3, -0.25) is 0 Å². The third-order valence-electron chi connectivity index (χ3n) is 15.1. The lowest BCUT2D eigenvalue weighted by molar-refractivity contribution is 0.794. The SMILES string of the molecule is c1ccc(-c2cc(-c3cccc(-c4ccc5c(c4)C4(c6ccccc6-c6ccccc64)c4cc(-c6cccc(-c7cc(-c8ccccc8)nc(-c8ccccc8)c7)c6)ccc4-5)c3)cc(-c3ccccc3)n2)cc1. The summed E-state index contributed by atoms with van der Waals surface area (Å²) in [6.07, 6.45) is 0. The first-order valence-corrected chi connectivity index (χ1v) is 25.1. The number of hydrogen-bond acceptors (Lipinski definition) is 2. The van der Waals surface area contributed by atoms with Crippen molar-refractivity contribution < 1.29 is 0 Å². The van der Waals surface area contributed by atoms with E-state index in [9.17, 15) is 0 Å². The van der Waals surface area contributed by atoms with Gasteiger partial charge in [0.1, 0.15) is 0 Å². The zero-order valence-electron chi connectivity index (χ0n) is 40.0. The Kier molecular flexibility index (Phi) is 10.1. The van der Waals surface area contributed by atoms with E-state index >= 15 is 0 Å². The molecule has 2 aromatic heterocycles. The number of aromatic nitrogens is 2. The van der Waals surface area contributed by atoms with Crippen LogP contribution in [-0.2, 0) is 5.41 Å². The molecule has 2 heterocycles. The molecule has 0 amide bonds. The van der Waals surface area contributed by atoms with E-state index in [1.165, 1.54) is 66.8 Å². The van der Waals surface area contributed by atoms with Crippen LogP contribution in [0.5, 0.6) is 0 Å². The lowest BCUT2D eigenvalue weighted by Gasteiger charge is -2.31. The van der Waals surface area contributed by atoms with Crippen molar-refractivity contribution in [2.24, 2.45) is 0 Å². The van der Waals surface area contributed by atoms with Gasteiger partial charge in [0, 0.05) is 22.3 Å². The molecule has 73 heavy (non-hydrogen) atoms. The van der Waals surface area contributed by atoms with E-state index in [1.54, 1.807) is 0 Å². The van der Waals surface area contributed by atoms with Gasteiger partial charge in [0.2, 0.25) is 0 Å². The topological polar surface area (TPSA) is 25.8 Å². The zero-order chi connectivity index (χ0) is 48.3. The van der Waals surface area contributed by atoms with Gasteiger partial charge in [0.25, 0.3) is 0 Å². The van der Waals surface area contributed by atoms with E-state index in [0.29, 0.717) is 0 Å². The lowest BCUT2D eigenvalue weighted by Crippen LogP contribution is -2.26. The molecule has 0 saturated heterocycles. The minimum atomic E-state index is -0.528. The molecule has 2 aliphatic rings. The third kappa shape index (κ3) is 7.18. The maximum absolute atomic E-state index is 5.18. The van der Waals surface area contributed by atoms with Crippen molar-refractivity contribution in [3.05, 3.63) is 301 Å². The summed E-state index contributed by atoms with van der Waals surface area (Å²) in [5.74, 6) is 0. The normalized spacial score (nSPS) is 12.5. The Bertz CT molecular complexity index is 3680. The monoisotopic (exact) mass is 926 g/mol. The Morgan fingerprint density at radius 2 is 0.452 bits per heavy atom. The van der Waals surface area contributed by atoms with Gasteiger partial charge in [-0.15, -0.1) is 0 Å². The summed E-state index contributed by atoms with van der Waals surface area (Å²) in [5, 5.41) is 0. The van der Waals surface area contributed by atoms with Crippen molar-refractivity contribution in [1.29, 1.82) is 0 Å². The maximum atomic E-state index is 5.18. The van der Waals surface area contributed by atoms with Crippen molar-refractivity contribution in [2.45, 2.75) is 5.41 Å². The number of nitrogens with zero attached hydrogens (tertiary/aromatic N) is 2. The Morgan fingerprint density at radius 1 is 0.178 bits per heavy atom. The van der Waals surface area contributed by atoms with Crippen LogP contribution in [0.4, 0.5) is 0 Å². The van der Waals surface area contributed by atoms with Gasteiger partial charge in [0.15, 0.2) is 0 Å². The molecule has 0 radical (unpaired) electrons. The van der Waals surface area contributed by atoms with Gasteiger partial charge in [-0.1, -0.05) is 231 Å². The highest BCUT2D eigenvalue weighted by Gasteiger charge is 2.51. The fraction of sp³-hybridized carbons (Fsp3) is 0.0141. The van der Waals surface area contributed by atoms with E-state index in [0.717, 1.165) is 67.3 Å². The molecule has 0 N–H and O–H groups in total. The van der Waals surface area contributed by atoms with E-state index < -0.39 is 5.41 Å². The Balaban J connectivity index is 0.906. The predicted molar refractivity (Wildman–Crippen MR) is 302 cm³/mol. The van der Waals surface area contributed by atoms with Crippen molar-refractivity contribution >= 4 is 0 Å². The molecule has 14 rings (SSSR count). The molecule has 0 aliphatic heterocycles. The Hall–Kier alpha value is -9.50. The molecular formula is C71H46N2. The molecule has 12 aromatic rings. The van der Waals surface area contributed by atoms with Gasteiger partial charge in [-0.05, 0) is 138 Å². The summed E-state index contributed by atoms with van der Waals surface area (Å²) in [6.45, 7) is 0. The standard InChI is InChI=1S/C71H46N2/c1-5-19-47(20-6-1)67-43-57(44-68(72-67)48-21-7-2-8-22-48)53-29-17-27-51(39-53)55-35-37-61-62-38-36-56(42-66(62)71(65(61)41-55)63-33-15-13-31-59(63)60-32-14-16-34-64(60)71)52-28-18-30-54(40-52)58-45-69(49-23-9-3-10-24-49)73-70(46-58)50-25-11-4-12-26-50/h1-46H. The lowest BCUT2D eigenvalue weighted by atomic mass is 9.70. The number of fused-ring (bicyclic) bond motifs is 10. The summed E-state index contributed by atoms with van der Waals surface area (Å²) in [5.41, 5.74) is 27.3. The van der Waals surface area contributed by atoms with Gasteiger partial charge < -0.3 is 0 Å². The Morgan fingerprint density at radius 3 is 0.808 bits per heavy atom. The maximum Gasteiger partial charge on any atom is 0.0725 e. The van der Waals surface area contributed by atoms with Gasteiger partial charge in [0.05, 0.1) is 28.2 Å². The molecule has 2 heteroatoms. The zero-order valence-corrected chi connectivity index (χ0v) is 40.0. The van der Waals surface area contributed by atoms with Crippen LogP contribution < -0.4 is 0 Å². The van der Waals surface area contributed by atoms with E-state index in [1.807, 2.05) is 0 Å². The number of rotatable bonds is 8. The molecule has 2 aliphatic carbocycles. The summed E-state index contributed by atoms with van der Waals surface area (Å²) in [6, 6.07) is 102. The number of benzene rings is 10. The Labute approximate surface area is 426 Å². The summed E-state index contributed by atoms with van der Waals surface area (Å²) in [7, 11) is 0. The molecule has 0 atom stereocenters. The highest BCUT2D eigenvalue weighted by atomic mass is 14.7. The van der Waals surface area contributed by atoms with Crippen LogP contribution in [0, 0.1) is 0 Å². The molecule has 0 unspecified atom stereocenters. The average molecular weight is 927 g/mol. The molecule has 0 saturated carbocycles. The summed E-state index contributed by atoms with van der Waals surface area (Å²) >= 11 is 0. The van der Waals surface area contributed by atoms with Crippen LogP contribution in [0.1, 0.15) is 22.3 Å². The van der Waals surface area contributed by atoms with Crippen LogP contribution in [0.3, 0.4) is 0 Å². The van der Waals surface area contributed by atoms with Gasteiger partial charge >= 0.3 is 0 Å². The molecule has 340 valence electrons. The van der Waals surface area contributed by atoms with Crippen LogP contribution >= 0.6 is 0 Å². The number of pyridine rings is 2.